The smallest absolute Gasteiger partial charge is 0.275 e. The summed E-state index contributed by atoms with van der Waals surface area (Å²) in [6, 6.07) is 0. The van der Waals surface area contributed by atoms with E-state index in [9.17, 15) is 14.7 Å². The maximum absolute atomic E-state index is 11.1. The van der Waals surface area contributed by atoms with Gasteiger partial charge in [0, 0.05) is 11.8 Å². The summed E-state index contributed by atoms with van der Waals surface area (Å²) < 4.78 is 0. The number of aromatic nitrogens is 3. The van der Waals surface area contributed by atoms with E-state index in [1.54, 1.807) is 0 Å². The van der Waals surface area contributed by atoms with E-state index in [2.05, 4.69) is 15.0 Å². The predicted octanol–water partition coefficient (Wildman–Crippen LogP) is -1.39. The van der Waals surface area contributed by atoms with Crippen LogP contribution >= 0.6 is 0 Å². The summed E-state index contributed by atoms with van der Waals surface area (Å²) >= 11 is 0. The zero-order valence-electron chi connectivity index (χ0n) is 6.33. The van der Waals surface area contributed by atoms with Crippen LogP contribution < -0.4 is 10.7 Å². The molecule has 0 aliphatic heterocycles. The number of hydrogen-bond acceptors (Lipinski definition) is 4. The van der Waals surface area contributed by atoms with E-state index in [1.165, 1.54) is 6.20 Å². The van der Waals surface area contributed by atoms with Gasteiger partial charge in [-0.2, -0.15) is 0 Å². The number of rotatable bonds is 1. The minimum Gasteiger partial charge on any atom is -0.545 e. The Balaban J connectivity index is 2.91. The molecule has 0 aromatic carbocycles. The highest BCUT2D eigenvalue weighted by molar-refractivity contribution is 5.99. The molecule has 66 valence electrons. The van der Waals surface area contributed by atoms with E-state index in [-0.39, 0.29) is 16.6 Å². The predicted molar refractivity (Wildman–Crippen MR) is 41.0 cm³/mol. The lowest BCUT2D eigenvalue weighted by molar-refractivity contribution is -0.254. The second-order valence-electron chi connectivity index (χ2n) is 2.45. The van der Waals surface area contributed by atoms with Gasteiger partial charge in [-0.3, -0.25) is 4.79 Å². The van der Waals surface area contributed by atoms with Crippen molar-refractivity contribution in [2.75, 3.05) is 0 Å². The Morgan fingerprint density at radius 3 is 2.92 bits per heavy atom. The second kappa shape index (κ2) is 2.44. The van der Waals surface area contributed by atoms with Crippen molar-refractivity contribution < 1.29 is 9.90 Å². The molecular weight excluding hydrogens is 174 g/mol. The van der Waals surface area contributed by atoms with Crippen LogP contribution in [0.2, 0.25) is 0 Å². The zero-order chi connectivity index (χ0) is 9.42. The number of carboxylic acids is 1. The van der Waals surface area contributed by atoms with Crippen molar-refractivity contribution in [3.05, 3.63) is 28.4 Å². The van der Waals surface area contributed by atoms with Gasteiger partial charge in [-0.25, -0.2) is 4.98 Å². The van der Waals surface area contributed by atoms with Crippen LogP contribution in [-0.2, 0) is 0 Å². The van der Waals surface area contributed by atoms with E-state index >= 15 is 0 Å². The van der Waals surface area contributed by atoms with Gasteiger partial charge in [0.25, 0.3) is 5.56 Å². The standard InChI is InChI=1S/C7H5N3O3/c11-6-5-4(9-2-10-6)3(1-8-5)7(12)13/h1-2,8H,(H,12,13)(H,9,10,11)/p-1. The number of carboxylic acid groups (broad SMARTS) is 1. The Labute approximate surface area is 71.2 Å². The molecule has 0 amide bonds. The van der Waals surface area contributed by atoms with Crippen molar-refractivity contribution in [1.29, 1.82) is 0 Å². The van der Waals surface area contributed by atoms with E-state index < -0.39 is 11.5 Å². The molecule has 0 fully saturated rings. The Hall–Kier alpha value is -2.11. The van der Waals surface area contributed by atoms with Crippen molar-refractivity contribution in [3.8, 4) is 0 Å². The summed E-state index contributed by atoms with van der Waals surface area (Å²) in [6.45, 7) is 0. The molecule has 0 bridgehead atoms. The van der Waals surface area contributed by atoms with Crippen molar-refractivity contribution in [2.24, 2.45) is 0 Å². The largest absolute Gasteiger partial charge is 0.545 e. The van der Waals surface area contributed by atoms with Gasteiger partial charge in [0.15, 0.2) is 0 Å². The summed E-state index contributed by atoms with van der Waals surface area (Å²) in [5, 5.41) is 10.5. The summed E-state index contributed by atoms with van der Waals surface area (Å²) in [5.41, 5.74) is -0.260. The van der Waals surface area contributed by atoms with Gasteiger partial charge < -0.3 is 19.9 Å². The van der Waals surface area contributed by atoms with Crippen LogP contribution in [0.3, 0.4) is 0 Å². The van der Waals surface area contributed by atoms with E-state index in [4.69, 9.17) is 0 Å². The fourth-order valence-electron chi connectivity index (χ4n) is 1.11. The lowest BCUT2D eigenvalue weighted by atomic mass is 10.3. The second-order valence-corrected chi connectivity index (χ2v) is 2.45. The molecule has 0 aliphatic carbocycles. The summed E-state index contributed by atoms with van der Waals surface area (Å²) in [4.78, 5) is 30.1. The SMILES string of the molecule is O=C([O-])c1c[nH]c2c(=O)[nH]cnc12. The fraction of sp³-hybridized carbons (Fsp3) is 0. The average molecular weight is 178 g/mol. The van der Waals surface area contributed by atoms with Crippen molar-refractivity contribution in [2.45, 2.75) is 0 Å². The fourth-order valence-corrected chi connectivity index (χ4v) is 1.11. The maximum Gasteiger partial charge on any atom is 0.275 e. The minimum atomic E-state index is -1.36. The molecule has 0 spiro atoms. The monoisotopic (exact) mass is 178 g/mol. The van der Waals surface area contributed by atoms with Crippen LogP contribution in [0.15, 0.2) is 17.3 Å². The number of fused-ring (bicyclic) bond motifs is 1. The molecule has 0 saturated heterocycles. The first kappa shape index (κ1) is 7.53. The van der Waals surface area contributed by atoms with Crippen LogP contribution in [0.25, 0.3) is 11.0 Å². The molecular formula is C7H4N3O3-. The highest BCUT2D eigenvalue weighted by atomic mass is 16.4. The zero-order valence-corrected chi connectivity index (χ0v) is 6.33. The highest BCUT2D eigenvalue weighted by Gasteiger charge is 2.07. The first-order valence-electron chi connectivity index (χ1n) is 3.46. The summed E-state index contributed by atoms with van der Waals surface area (Å²) in [6.07, 6.45) is 2.33. The summed E-state index contributed by atoms with van der Waals surface area (Å²) in [7, 11) is 0. The molecule has 0 unspecified atom stereocenters. The van der Waals surface area contributed by atoms with E-state index in [0.29, 0.717) is 0 Å². The maximum atomic E-state index is 11.1. The van der Waals surface area contributed by atoms with Crippen molar-refractivity contribution in [3.63, 3.8) is 0 Å². The number of nitrogens with one attached hydrogen (secondary N) is 2. The number of aromatic amines is 2. The molecule has 2 N–H and O–H groups in total. The Kier molecular flexibility index (Phi) is 1.42. The van der Waals surface area contributed by atoms with Gasteiger partial charge in [-0.05, 0) is 0 Å². The van der Waals surface area contributed by atoms with Gasteiger partial charge in [0.2, 0.25) is 0 Å². The molecule has 0 atom stereocenters. The van der Waals surface area contributed by atoms with Gasteiger partial charge in [-0.15, -0.1) is 0 Å². The number of carbonyl (C=O) groups is 1. The van der Waals surface area contributed by atoms with Crippen LogP contribution in [0, 0.1) is 0 Å². The summed E-state index contributed by atoms with van der Waals surface area (Å²) in [5.74, 6) is -1.36. The van der Waals surface area contributed by atoms with Gasteiger partial charge >= 0.3 is 0 Å². The molecule has 0 saturated carbocycles. The first-order chi connectivity index (χ1) is 6.20. The molecule has 2 aromatic rings. The van der Waals surface area contributed by atoms with Crippen LogP contribution in [0.5, 0.6) is 0 Å². The molecule has 2 aromatic heterocycles. The number of H-pyrrole nitrogens is 2. The number of hydrogen-bond donors (Lipinski definition) is 2. The van der Waals surface area contributed by atoms with Gasteiger partial charge in [-0.1, -0.05) is 0 Å². The third kappa shape index (κ3) is 0.994. The topological polar surface area (TPSA) is 102 Å². The van der Waals surface area contributed by atoms with Crippen molar-refractivity contribution >= 4 is 17.0 Å². The lowest BCUT2D eigenvalue weighted by Crippen LogP contribution is -2.22. The first-order valence-corrected chi connectivity index (χ1v) is 3.46. The molecule has 2 heterocycles. The Morgan fingerprint density at radius 1 is 1.46 bits per heavy atom. The quantitative estimate of drug-likeness (QED) is 0.561. The third-order valence-corrected chi connectivity index (χ3v) is 1.69. The average Bonchev–Trinajstić information content (AvgIpc) is 2.48. The van der Waals surface area contributed by atoms with E-state index in [1.807, 2.05) is 0 Å². The van der Waals surface area contributed by atoms with E-state index in [0.717, 1.165) is 6.33 Å². The number of aromatic carboxylic acids is 1. The van der Waals surface area contributed by atoms with Crippen LogP contribution in [0.4, 0.5) is 0 Å². The van der Waals surface area contributed by atoms with Gasteiger partial charge in [0.1, 0.15) is 11.0 Å². The molecule has 0 radical (unpaired) electrons. The molecule has 2 rings (SSSR count). The van der Waals surface area contributed by atoms with Crippen LogP contribution in [0.1, 0.15) is 10.4 Å². The molecule has 13 heavy (non-hydrogen) atoms. The van der Waals surface area contributed by atoms with Gasteiger partial charge in [0.05, 0.1) is 12.3 Å². The molecule has 6 heteroatoms. The minimum absolute atomic E-state index is 0.110. The number of nitrogens with zero attached hydrogens (tertiary/aromatic N) is 1. The third-order valence-electron chi connectivity index (χ3n) is 1.69. The molecule has 6 nitrogen and oxygen atoms in total. The normalized spacial score (nSPS) is 10.5. The Bertz CT molecular complexity index is 525. The van der Waals surface area contributed by atoms with Crippen LogP contribution in [-0.4, -0.2) is 20.9 Å². The highest BCUT2D eigenvalue weighted by Crippen LogP contribution is 2.09. The molecule has 0 aliphatic rings. The lowest BCUT2D eigenvalue weighted by Gasteiger charge is -1.96. The van der Waals surface area contributed by atoms with Crippen molar-refractivity contribution in [1.82, 2.24) is 15.0 Å². The Morgan fingerprint density at radius 2 is 2.23 bits per heavy atom. The number of carbonyl (C=O) groups excluding carboxylic acids is 1.